The first kappa shape index (κ1) is 23.4. The Labute approximate surface area is 208 Å². The molecule has 9 nitrogen and oxygen atoms in total. The number of alkyl halides is 1. The lowest BCUT2D eigenvalue weighted by molar-refractivity contribution is -0.0234. The molecule has 4 heterocycles. The van der Waals surface area contributed by atoms with Gasteiger partial charge in [0.05, 0.1) is 37.1 Å². The van der Waals surface area contributed by atoms with Gasteiger partial charge >= 0.3 is 0 Å². The third-order valence-corrected chi connectivity index (χ3v) is 8.14. The van der Waals surface area contributed by atoms with E-state index in [1.807, 2.05) is 0 Å². The van der Waals surface area contributed by atoms with Gasteiger partial charge in [0.15, 0.2) is 11.5 Å². The van der Waals surface area contributed by atoms with E-state index in [1.54, 1.807) is 0 Å². The van der Waals surface area contributed by atoms with Gasteiger partial charge in [-0.05, 0) is 57.3 Å². The topological polar surface area (TPSA) is 98.3 Å². The smallest absolute Gasteiger partial charge is 0.287 e. The summed E-state index contributed by atoms with van der Waals surface area (Å²) in [4.78, 5) is 20.2. The molecule has 0 radical (unpaired) electrons. The molecule has 190 valence electrons. The number of piperidine rings is 1. The summed E-state index contributed by atoms with van der Waals surface area (Å²) in [5, 5.41) is 11.7. The number of aromatic nitrogens is 4. The van der Waals surface area contributed by atoms with Crippen LogP contribution in [0.2, 0.25) is 5.02 Å². The maximum Gasteiger partial charge on any atom is 0.287 e. The minimum absolute atomic E-state index is 0.0332. The van der Waals surface area contributed by atoms with Crippen molar-refractivity contribution in [1.29, 1.82) is 0 Å². The maximum absolute atomic E-state index is 14.8. The molecule has 2 aromatic heterocycles. The van der Waals surface area contributed by atoms with Crippen LogP contribution in [0.3, 0.4) is 0 Å². The van der Waals surface area contributed by atoms with Crippen molar-refractivity contribution in [1.82, 2.24) is 24.8 Å². The van der Waals surface area contributed by atoms with Crippen LogP contribution in [0.25, 0.3) is 0 Å². The zero-order valence-electron chi connectivity index (χ0n) is 19.8. The van der Waals surface area contributed by atoms with Gasteiger partial charge in [0.2, 0.25) is 5.89 Å². The Morgan fingerprint density at radius 3 is 2.71 bits per heavy atom. The van der Waals surface area contributed by atoms with Crippen molar-refractivity contribution in [2.45, 2.75) is 75.0 Å². The molecule has 2 aliphatic heterocycles. The van der Waals surface area contributed by atoms with Crippen molar-refractivity contribution < 1.29 is 13.7 Å². The van der Waals surface area contributed by atoms with Crippen LogP contribution in [0.5, 0.6) is 0 Å². The summed E-state index contributed by atoms with van der Waals surface area (Å²) in [7, 11) is 0. The summed E-state index contributed by atoms with van der Waals surface area (Å²) in [5.74, 6) is 2.64. The number of ether oxygens (including phenoxy) is 1. The van der Waals surface area contributed by atoms with E-state index < -0.39 is 5.67 Å². The van der Waals surface area contributed by atoms with E-state index in [0.29, 0.717) is 37.0 Å². The van der Waals surface area contributed by atoms with Gasteiger partial charge in [0, 0.05) is 25.6 Å². The number of hydrogen-bond acceptors (Lipinski definition) is 8. The Morgan fingerprint density at radius 2 is 2.03 bits per heavy atom. The second kappa shape index (κ2) is 9.44. The molecular formula is C24H32ClFN6O3. The number of halogens is 2. The molecule has 0 spiro atoms. The van der Waals surface area contributed by atoms with Crippen LogP contribution in [0.1, 0.15) is 81.1 Å². The molecule has 4 aliphatic rings. The zero-order valence-corrected chi connectivity index (χ0v) is 20.6. The minimum Gasteiger partial charge on any atom is -0.379 e. The van der Waals surface area contributed by atoms with E-state index in [-0.39, 0.29) is 35.8 Å². The van der Waals surface area contributed by atoms with Gasteiger partial charge in [-0.25, -0.2) is 9.07 Å². The quantitative estimate of drug-likeness (QED) is 0.576. The van der Waals surface area contributed by atoms with E-state index in [1.165, 1.54) is 23.7 Å². The number of hydrogen-bond donors (Lipinski definition) is 1. The molecule has 35 heavy (non-hydrogen) atoms. The summed E-state index contributed by atoms with van der Waals surface area (Å²) >= 11 is 6.40. The van der Waals surface area contributed by atoms with Crippen LogP contribution < -0.4 is 10.9 Å². The molecule has 2 saturated heterocycles. The van der Waals surface area contributed by atoms with Gasteiger partial charge in [-0.15, -0.1) is 0 Å². The minimum atomic E-state index is -1.46. The summed E-state index contributed by atoms with van der Waals surface area (Å²) in [6, 6.07) is 0.127. The fraction of sp³-hybridized carbons (Fsp3) is 0.750. The third-order valence-electron chi connectivity index (χ3n) is 7.77. The molecule has 2 aromatic rings. The highest BCUT2D eigenvalue weighted by molar-refractivity contribution is 6.32. The largest absolute Gasteiger partial charge is 0.379 e. The number of nitrogens with one attached hydrogen (secondary N) is 1. The van der Waals surface area contributed by atoms with Crippen molar-refractivity contribution in [2.75, 3.05) is 38.2 Å². The van der Waals surface area contributed by atoms with Crippen LogP contribution in [0.4, 0.5) is 10.1 Å². The van der Waals surface area contributed by atoms with Crippen molar-refractivity contribution in [3.8, 4) is 0 Å². The molecule has 11 heteroatoms. The lowest BCUT2D eigenvalue weighted by Gasteiger charge is -2.36. The van der Waals surface area contributed by atoms with Gasteiger partial charge in [-0.3, -0.25) is 9.69 Å². The van der Waals surface area contributed by atoms with Gasteiger partial charge in [-0.2, -0.15) is 10.1 Å². The van der Waals surface area contributed by atoms with Crippen LogP contribution in [0.15, 0.2) is 15.5 Å². The van der Waals surface area contributed by atoms with Crippen molar-refractivity contribution in [3.05, 3.63) is 33.3 Å². The van der Waals surface area contributed by atoms with E-state index in [0.717, 1.165) is 50.5 Å². The molecular weight excluding hydrogens is 475 g/mol. The Morgan fingerprint density at radius 1 is 1.23 bits per heavy atom. The van der Waals surface area contributed by atoms with Crippen molar-refractivity contribution in [2.24, 2.45) is 5.92 Å². The predicted octanol–water partition coefficient (Wildman–Crippen LogP) is 3.88. The summed E-state index contributed by atoms with van der Waals surface area (Å²) < 4.78 is 27.3. The highest BCUT2D eigenvalue weighted by atomic mass is 35.5. The SMILES string of the molecule is O=c1c(Cl)c(NC[C@@]2(F)CCCOC2)cnn1C1CCN(C(c2nc(C3CC3)no2)C2CC2)CC1. The third kappa shape index (κ3) is 4.97. The van der Waals surface area contributed by atoms with Crippen LogP contribution in [-0.2, 0) is 4.74 Å². The molecule has 0 aromatic carbocycles. The zero-order chi connectivity index (χ0) is 24.0. The van der Waals surface area contributed by atoms with E-state index in [9.17, 15) is 9.18 Å². The van der Waals surface area contributed by atoms with Gasteiger partial charge in [0.1, 0.15) is 5.02 Å². The second-order valence-corrected chi connectivity index (χ2v) is 11.0. The van der Waals surface area contributed by atoms with Crippen LogP contribution in [0, 0.1) is 5.92 Å². The average molecular weight is 507 g/mol. The number of likely N-dealkylation sites (tertiary alicyclic amines) is 1. The van der Waals surface area contributed by atoms with Crippen LogP contribution >= 0.6 is 11.6 Å². The van der Waals surface area contributed by atoms with Gasteiger partial charge in [-0.1, -0.05) is 16.8 Å². The Balaban J connectivity index is 1.10. The first-order chi connectivity index (χ1) is 17.0. The summed E-state index contributed by atoms with van der Waals surface area (Å²) in [5.41, 5.74) is -1.43. The fourth-order valence-electron chi connectivity index (χ4n) is 5.39. The number of anilines is 1. The molecule has 2 atom stereocenters. The highest BCUT2D eigenvalue weighted by Crippen LogP contribution is 2.46. The standard InChI is InChI=1S/C24H32ClFN6O3/c25-19-18(27-13-24(26)8-1-11-34-14-24)12-28-32(23(19)33)17-6-9-31(10-7-17)20(15-2-3-15)22-29-21(30-35-22)16-4-5-16/h12,15-17,20,27H,1-11,13-14H2/t20?,24-/m0/s1. The van der Waals surface area contributed by atoms with Crippen molar-refractivity contribution in [3.63, 3.8) is 0 Å². The van der Waals surface area contributed by atoms with Crippen molar-refractivity contribution >= 4 is 17.3 Å². The highest BCUT2D eigenvalue weighted by Gasteiger charge is 2.42. The molecule has 2 saturated carbocycles. The fourth-order valence-corrected chi connectivity index (χ4v) is 5.59. The Kier molecular flexibility index (Phi) is 6.30. The summed E-state index contributed by atoms with van der Waals surface area (Å²) in [6.07, 6.45) is 8.89. The Hall–Kier alpha value is -2.04. The van der Waals surface area contributed by atoms with E-state index >= 15 is 0 Å². The molecule has 6 rings (SSSR count). The molecule has 4 fully saturated rings. The monoisotopic (exact) mass is 506 g/mol. The van der Waals surface area contributed by atoms with Gasteiger partial charge < -0.3 is 14.6 Å². The summed E-state index contributed by atoms with van der Waals surface area (Å²) in [6.45, 7) is 2.32. The average Bonchev–Trinajstić information content (AvgIpc) is 3.81. The lowest BCUT2D eigenvalue weighted by atomic mass is 9.99. The first-order valence-corrected chi connectivity index (χ1v) is 13.2. The van der Waals surface area contributed by atoms with Crippen LogP contribution in [-0.4, -0.2) is 63.3 Å². The Bertz CT molecular complexity index is 1100. The molecule has 0 amide bonds. The van der Waals surface area contributed by atoms with E-state index in [4.69, 9.17) is 25.8 Å². The second-order valence-electron chi connectivity index (χ2n) is 10.6. The predicted molar refractivity (Wildman–Crippen MR) is 127 cm³/mol. The molecule has 0 bridgehead atoms. The number of rotatable bonds is 8. The lowest BCUT2D eigenvalue weighted by Crippen LogP contribution is -2.42. The molecule has 2 aliphatic carbocycles. The number of nitrogens with zero attached hydrogens (tertiary/aromatic N) is 5. The molecule has 1 unspecified atom stereocenters. The first-order valence-electron chi connectivity index (χ1n) is 12.9. The van der Waals surface area contributed by atoms with E-state index in [2.05, 4.69) is 20.5 Å². The van der Waals surface area contributed by atoms with Gasteiger partial charge in [0.25, 0.3) is 5.56 Å². The molecule has 1 N–H and O–H groups in total. The normalized spacial score (nSPS) is 27.1. The maximum atomic E-state index is 14.8.